The van der Waals surface area contributed by atoms with Crippen LogP contribution in [0.4, 0.5) is 5.69 Å². The molecule has 0 aliphatic heterocycles. The van der Waals surface area contributed by atoms with Crippen LogP contribution in [0.5, 0.6) is 5.75 Å². The maximum Gasteiger partial charge on any atom is 0.245 e. The van der Waals surface area contributed by atoms with Crippen molar-refractivity contribution in [1.82, 2.24) is 0 Å². The molecule has 20 heavy (non-hydrogen) atoms. The van der Waals surface area contributed by atoms with E-state index in [1.807, 2.05) is 30.3 Å². The first kappa shape index (κ1) is 14.6. The number of anilines is 1. The van der Waals surface area contributed by atoms with E-state index in [4.69, 9.17) is 10.5 Å². The Bertz CT molecular complexity index is 602. The number of carbonyl (C=O) groups is 1. The number of hydrogen-bond donors (Lipinski definition) is 2. The maximum absolute atomic E-state index is 12.1. The van der Waals surface area contributed by atoms with E-state index >= 15 is 0 Å². The van der Waals surface area contributed by atoms with Gasteiger partial charge in [-0.05, 0) is 39.7 Å². The summed E-state index contributed by atoms with van der Waals surface area (Å²) in [6.07, 6.45) is 0. The molecule has 0 heterocycles. The van der Waals surface area contributed by atoms with Crippen LogP contribution in [-0.2, 0) is 4.79 Å². The van der Waals surface area contributed by atoms with E-state index in [-0.39, 0.29) is 5.91 Å². The number of nitrogens with two attached hydrogens (primary N) is 1. The third-order valence-corrected chi connectivity index (χ3v) is 3.48. The van der Waals surface area contributed by atoms with Crippen molar-refractivity contribution in [2.75, 3.05) is 12.4 Å². The van der Waals surface area contributed by atoms with Gasteiger partial charge in [0.25, 0.3) is 0 Å². The first-order chi connectivity index (χ1) is 9.61. The van der Waals surface area contributed by atoms with E-state index < -0.39 is 6.04 Å². The summed E-state index contributed by atoms with van der Waals surface area (Å²) in [5.41, 5.74) is 7.37. The maximum atomic E-state index is 12.1. The molecule has 104 valence electrons. The number of nitrogens with one attached hydrogen (secondary N) is 1. The highest BCUT2D eigenvalue weighted by Crippen LogP contribution is 2.28. The Labute approximate surface area is 126 Å². The molecule has 0 fully saturated rings. The van der Waals surface area contributed by atoms with Gasteiger partial charge in [-0.3, -0.25) is 4.79 Å². The minimum Gasteiger partial charge on any atom is -0.496 e. The molecule has 0 bridgehead atoms. The second-order valence-electron chi connectivity index (χ2n) is 4.23. The fraction of sp³-hybridized carbons (Fsp3) is 0.133. The lowest BCUT2D eigenvalue weighted by atomic mass is 10.1. The molecule has 0 saturated carbocycles. The average molecular weight is 335 g/mol. The van der Waals surface area contributed by atoms with Gasteiger partial charge in [-0.2, -0.15) is 0 Å². The van der Waals surface area contributed by atoms with Crippen molar-refractivity contribution in [3.8, 4) is 5.75 Å². The molecule has 0 radical (unpaired) electrons. The highest BCUT2D eigenvalue weighted by atomic mass is 79.9. The minimum atomic E-state index is -0.697. The van der Waals surface area contributed by atoms with Crippen molar-refractivity contribution < 1.29 is 9.53 Å². The third kappa shape index (κ3) is 3.37. The smallest absolute Gasteiger partial charge is 0.245 e. The van der Waals surface area contributed by atoms with E-state index in [9.17, 15) is 4.79 Å². The predicted octanol–water partition coefficient (Wildman–Crippen LogP) is 3.10. The van der Waals surface area contributed by atoms with Gasteiger partial charge >= 0.3 is 0 Å². The SMILES string of the molecule is COc1ccc(NC(=O)[C@@H](N)c2ccccc2)cc1Br. The molecule has 4 nitrogen and oxygen atoms in total. The Morgan fingerprint density at radius 1 is 1.25 bits per heavy atom. The van der Waals surface area contributed by atoms with E-state index in [1.165, 1.54) is 0 Å². The molecule has 0 aliphatic rings. The largest absolute Gasteiger partial charge is 0.496 e. The summed E-state index contributed by atoms with van der Waals surface area (Å²) in [6, 6.07) is 13.9. The summed E-state index contributed by atoms with van der Waals surface area (Å²) >= 11 is 3.37. The topological polar surface area (TPSA) is 64.3 Å². The molecule has 2 rings (SSSR count). The van der Waals surface area contributed by atoms with Crippen molar-refractivity contribution in [2.24, 2.45) is 5.73 Å². The molecule has 0 unspecified atom stereocenters. The van der Waals surface area contributed by atoms with Gasteiger partial charge < -0.3 is 15.8 Å². The van der Waals surface area contributed by atoms with Crippen LogP contribution in [-0.4, -0.2) is 13.0 Å². The molecule has 1 atom stereocenters. The molecule has 0 aromatic heterocycles. The van der Waals surface area contributed by atoms with Gasteiger partial charge in [0.05, 0.1) is 11.6 Å². The highest BCUT2D eigenvalue weighted by molar-refractivity contribution is 9.10. The zero-order chi connectivity index (χ0) is 14.5. The number of methoxy groups -OCH3 is 1. The summed E-state index contributed by atoms with van der Waals surface area (Å²) in [5, 5.41) is 2.78. The predicted molar refractivity (Wildman–Crippen MR) is 82.7 cm³/mol. The Hall–Kier alpha value is -1.85. The number of hydrogen-bond acceptors (Lipinski definition) is 3. The number of amides is 1. The van der Waals surface area contributed by atoms with Crippen LogP contribution < -0.4 is 15.8 Å². The van der Waals surface area contributed by atoms with E-state index in [0.29, 0.717) is 11.4 Å². The van der Waals surface area contributed by atoms with Crippen LogP contribution in [0.1, 0.15) is 11.6 Å². The van der Waals surface area contributed by atoms with Gasteiger partial charge in [0, 0.05) is 5.69 Å². The molecule has 0 aliphatic carbocycles. The van der Waals surface area contributed by atoms with Crippen LogP contribution in [0.15, 0.2) is 53.0 Å². The lowest BCUT2D eigenvalue weighted by Crippen LogP contribution is -2.27. The van der Waals surface area contributed by atoms with Crippen LogP contribution in [0.3, 0.4) is 0 Å². The van der Waals surface area contributed by atoms with Crippen molar-refractivity contribution in [1.29, 1.82) is 0 Å². The molecular formula is C15H15BrN2O2. The third-order valence-electron chi connectivity index (χ3n) is 2.86. The lowest BCUT2D eigenvalue weighted by Gasteiger charge is -2.13. The molecule has 2 aromatic rings. The minimum absolute atomic E-state index is 0.256. The van der Waals surface area contributed by atoms with Crippen molar-refractivity contribution in [3.05, 3.63) is 58.6 Å². The van der Waals surface area contributed by atoms with Crippen molar-refractivity contribution in [3.63, 3.8) is 0 Å². The summed E-state index contributed by atoms with van der Waals surface area (Å²) in [5.74, 6) is 0.448. The first-order valence-electron chi connectivity index (χ1n) is 6.06. The van der Waals surface area contributed by atoms with Gasteiger partial charge in [0.2, 0.25) is 5.91 Å². The van der Waals surface area contributed by atoms with Crippen LogP contribution in [0.25, 0.3) is 0 Å². The molecule has 5 heteroatoms. The zero-order valence-electron chi connectivity index (χ0n) is 11.0. The highest BCUT2D eigenvalue weighted by Gasteiger charge is 2.15. The second kappa shape index (κ2) is 6.54. The van der Waals surface area contributed by atoms with E-state index in [0.717, 1.165) is 10.0 Å². The Balaban J connectivity index is 2.10. The fourth-order valence-corrected chi connectivity index (χ4v) is 2.32. The Morgan fingerprint density at radius 3 is 2.55 bits per heavy atom. The summed E-state index contributed by atoms with van der Waals surface area (Å²) < 4.78 is 5.91. The van der Waals surface area contributed by atoms with E-state index in [1.54, 1.807) is 25.3 Å². The average Bonchev–Trinajstić information content (AvgIpc) is 2.47. The molecule has 0 saturated heterocycles. The van der Waals surface area contributed by atoms with Gasteiger partial charge in [-0.15, -0.1) is 0 Å². The molecule has 0 spiro atoms. The number of rotatable bonds is 4. The van der Waals surface area contributed by atoms with Gasteiger partial charge in [-0.25, -0.2) is 0 Å². The normalized spacial score (nSPS) is 11.8. The number of benzene rings is 2. The van der Waals surface area contributed by atoms with Crippen molar-refractivity contribution in [2.45, 2.75) is 6.04 Å². The van der Waals surface area contributed by atoms with Crippen LogP contribution in [0.2, 0.25) is 0 Å². The lowest BCUT2D eigenvalue weighted by molar-refractivity contribution is -0.117. The molecule has 1 amide bonds. The van der Waals surface area contributed by atoms with Gasteiger partial charge in [0.15, 0.2) is 0 Å². The number of carbonyl (C=O) groups excluding carboxylic acids is 1. The van der Waals surface area contributed by atoms with Gasteiger partial charge in [0.1, 0.15) is 11.8 Å². The second-order valence-corrected chi connectivity index (χ2v) is 5.08. The molecular weight excluding hydrogens is 320 g/mol. The fourth-order valence-electron chi connectivity index (χ4n) is 1.78. The van der Waals surface area contributed by atoms with Crippen LogP contribution in [0, 0.1) is 0 Å². The van der Waals surface area contributed by atoms with Crippen molar-refractivity contribution >= 4 is 27.5 Å². The van der Waals surface area contributed by atoms with E-state index in [2.05, 4.69) is 21.2 Å². The molecule has 3 N–H and O–H groups in total. The standard InChI is InChI=1S/C15H15BrN2O2/c1-20-13-8-7-11(9-12(13)16)18-15(19)14(17)10-5-3-2-4-6-10/h2-9,14H,17H2,1H3,(H,18,19)/t14-/m0/s1. The monoisotopic (exact) mass is 334 g/mol. The number of halogens is 1. The summed E-state index contributed by atoms with van der Waals surface area (Å²) in [6.45, 7) is 0. The summed E-state index contributed by atoms with van der Waals surface area (Å²) in [4.78, 5) is 12.1. The number of ether oxygens (including phenoxy) is 1. The Kier molecular flexibility index (Phi) is 4.76. The quantitative estimate of drug-likeness (QED) is 0.902. The van der Waals surface area contributed by atoms with Gasteiger partial charge in [-0.1, -0.05) is 30.3 Å². The van der Waals surface area contributed by atoms with Crippen LogP contribution >= 0.6 is 15.9 Å². The molecule has 2 aromatic carbocycles. The Morgan fingerprint density at radius 2 is 1.95 bits per heavy atom. The first-order valence-corrected chi connectivity index (χ1v) is 6.86. The summed E-state index contributed by atoms with van der Waals surface area (Å²) in [7, 11) is 1.59. The zero-order valence-corrected chi connectivity index (χ0v) is 12.6.